The number of aliphatic hydroxyl groups is 1. The zero-order valence-electron chi connectivity index (χ0n) is 41.1. The molecule has 1 atom stereocenters. The Kier molecular flexibility index (Phi) is 50.9. The van der Waals surface area contributed by atoms with Crippen molar-refractivity contribution in [2.24, 2.45) is 0 Å². The second-order valence-corrected chi connectivity index (χ2v) is 17.9. The molecule has 0 aliphatic heterocycles. The monoisotopic (exact) mass is 867 g/mol. The van der Waals surface area contributed by atoms with Gasteiger partial charge >= 0.3 is 11.9 Å². The Morgan fingerprint density at radius 1 is 0.371 bits per heavy atom. The van der Waals surface area contributed by atoms with Crippen LogP contribution in [0.1, 0.15) is 271 Å². The fourth-order valence-electron chi connectivity index (χ4n) is 7.71. The van der Waals surface area contributed by atoms with Gasteiger partial charge in [0.15, 0.2) is 6.10 Å². The fraction of sp³-hybridized carbons (Fsp3) is 0.789. The number of carbonyl (C=O) groups excluding carboxylic acids is 2. The van der Waals surface area contributed by atoms with E-state index in [-0.39, 0.29) is 25.2 Å². The number of unbranched alkanes of at least 4 members (excludes halogenated alkanes) is 31. The van der Waals surface area contributed by atoms with Crippen molar-refractivity contribution in [2.75, 3.05) is 13.2 Å². The van der Waals surface area contributed by atoms with Crippen molar-refractivity contribution in [3.05, 3.63) is 60.8 Å². The van der Waals surface area contributed by atoms with Crippen molar-refractivity contribution in [1.82, 2.24) is 0 Å². The van der Waals surface area contributed by atoms with Crippen LogP contribution < -0.4 is 0 Å². The van der Waals surface area contributed by atoms with Crippen molar-refractivity contribution in [1.29, 1.82) is 0 Å². The van der Waals surface area contributed by atoms with Gasteiger partial charge in [-0.2, -0.15) is 0 Å². The van der Waals surface area contributed by atoms with Gasteiger partial charge in [0.2, 0.25) is 0 Å². The van der Waals surface area contributed by atoms with Crippen molar-refractivity contribution in [2.45, 2.75) is 277 Å². The number of hydrogen-bond donors (Lipinski definition) is 1. The summed E-state index contributed by atoms with van der Waals surface area (Å²) in [6.07, 6.45) is 70.5. The normalized spacial score (nSPS) is 12.6. The van der Waals surface area contributed by atoms with Gasteiger partial charge in [-0.3, -0.25) is 9.59 Å². The third kappa shape index (κ3) is 50.2. The van der Waals surface area contributed by atoms with Crippen LogP contribution in [0.25, 0.3) is 0 Å². The van der Waals surface area contributed by atoms with Gasteiger partial charge in [0.25, 0.3) is 0 Å². The molecule has 5 heteroatoms. The predicted molar refractivity (Wildman–Crippen MR) is 270 cm³/mol. The smallest absolute Gasteiger partial charge is 0.306 e. The largest absolute Gasteiger partial charge is 0.462 e. The lowest BCUT2D eigenvalue weighted by molar-refractivity contribution is -0.161. The lowest BCUT2D eigenvalue weighted by Crippen LogP contribution is -2.28. The zero-order valence-corrected chi connectivity index (χ0v) is 41.1. The lowest BCUT2D eigenvalue weighted by atomic mass is 10.0. The third-order valence-corrected chi connectivity index (χ3v) is 11.8. The summed E-state index contributed by atoms with van der Waals surface area (Å²) in [5.74, 6) is -0.600. The quantitative estimate of drug-likeness (QED) is 0.0375. The predicted octanol–water partition coefficient (Wildman–Crippen LogP) is 17.9. The van der Waals surface area contributed by atoms with Gasteiger partial charge < -0.3 is 14.6 Å². The van der Waals surface area contributed by atoms with E-state index in [0.29, 0.717) is 12.8 Å². The molecule has 0 aromatic carbocycles. The Labute approximate surface area is 385 Å². The molecule has 0 amide bonds. The molecule has 0 heterocycles. The minimum atomic E-state index is -0.778. The van der Waals surface area contributed by atoms with E-state index in [4.69, 9.17) is 9.47 Å². The van der Waals surface area contributed by atoms with Gasteiger partial charge in [-0.1, -0.05) is 235 Å². The maximum Gasteiger partial charge on any atom is 0.306 e. The molecule has 0 aliphatic carbocycles. The Morgan fingerprint density at radius 3 is 1.00 bits per heavy atom. The second-order valence-electron chi connectivity index (χ2n) is 17.9. The van der Waals surface area contributed by atoms with E-state index in [1.54, 1.807) is 0 Å². The summed E-state index contributed by atoms with van der Waals surface area (Å²) in [5, 5.41) is 9.62. The summed E-state index contributed by atoms with van der Waals surface area (Å²) < 4.78 is 10.7. The number of hydrogen-bond acceptors (Lipinski definition) is 5. The summed E-state index contributed by atoms with van der Waals surface area (Å²) in [6.45, 7) is 4.11. The van der Waals surface area contributed by atoms with Crippen LogP contribution in [0.2, 0.25) is 0 Å². The van der Waals surface area contributed by atoms with E-state index >= 15 is 0 Å². The van der Waals surface area contributed by atoms with Crippen LogP contribution in [-0.2, 0) is 19.1 Å². The summed E-state index contributed by atoms with van der Waals surface area (Å²) in [6, 6.07) is 0. The molecule has 0 aromatic heterocycles. The first-order valence-corrected chi connectivity index (χ1v) is 26.8. The van der Waals surface area contributed by atoms with Crippen molar-refractivity contribution < 1.29 is 24.2 Å². The number of aliphatic hydroxyl groups excluding tert-OH is 1. The van der Waals surface area contributed by atoms with E-state index in [0.717, 1.165) is 64.2 Å². The van der Waals surface area contributed by atoms with Crippen molar-refractivity contribution >= 4 is 11.9 Å². The van der Waals surface area contributed by atoms with Crippen LogP contribution in [0.15, 0.2) is 60.8 Å². The molecule has 0 rings (SSSR count). The highest BCUT2D eigenvalue weighted by atomic mass is 16.6. The standard InChI is InChI=1S/C57H102O5/c1-3-5-7-9-11-13-15-17-19-20-21-22-23-24-25-26-27-28-29-30-31-32-33-34-35-36-38-40-42-44-46-48-50-52-57(60)62-55(53-58)54-61-56(59)51-49-47-45-43-41-39-37-18-16-14-12-10-8-6-4-2/h12,14-15,17-18,20-21,23-24,37,55,58H,3-11,13,16,19,22,25-36,38-54H2,1-2H3/b14-12-,17-15-,21-20-,24-23-,37-18-. The summed E-state index contributed by atoms with van der Waals surface area (Å²) in [4.78, 5) is 24.4. The van der Waals surface area contributed by atoms with Gasteiger partial charge in [-0.05, 0) is 83.5 Å². The Hall–Kier alpha value is -2.40. The highest BCUT2D eigenvalue weighted by molar-refractivity contribution is 5.70. The first-order valence-electron chi connectivity index (χ1n) is 26.8. The molecule has 360 valence electrons. The highest BCUT2D eigenvalue weighted by Gasteiger charge is 2.16. The summed E-state index contributed by atoms with van der Waals surface area (Å²) in [7, 11) is 0. The first-order chi connectivity index (χ1) is 30.6. The molecule has 0 aliphatic rings. The molecule has 0 spiro atoms. The summed E-state index contributed by atoms with van der Waals surface area (Å²) in [5.41, 5.74) is 0. The van der Waals surface area contributed by atoms with E-state index < -0.39 is 6.10 Å². The maximum atomic E-state index is 12.3. The molecule has 0 radical (unpaired) electrons. The Balaban J connectivity index is 3.45. The van der Waals surface area contributed by atoms with Crippen LogP contribution in [0.5, 0.6) is 0 Å². The van der Waals surface area contributed by atoms with E-state index in [9.17, 15) is 14.7 Å². The van der Waals surface area contributed by atoms with Crippen molar-refractivity contribution in [3.8, 4) is 0 Å². The molecule has 0 saturated carbocycles. The molecule has 0 fully saturated rings. The molecule has 0 aromatic rings. The number of rotatable bonds is 49. The summed E-state index contributed by atoms with van der Waals surface area (Å²) >= 11 is 0. The number of esters is 2. The molecule has 5 nitrogen and oxygen atoms in total. The molecular formula is C57H102O5. The topological polar surface area (TPSA) is 72.8 Å². The van der Waals surface area contributed by atoms with Gasteiger partial charge in [0.05, 0.1) is 6.61 Å². The minimum Gasteiger partial charge on any atom is -0.462 e. The molecule has 0 bridgehead atoms. The molecule has 0 saturated heterocycles. The van der Waals surface area contributed by atoms with Gasteiger partial charge in [-0.25, -0.2) is 0 Å². The average Bonchev–Trinajstić information content (AvgIpc) is 3.28. The van der Waals surface area contributed by atoms with E-state index in [2.05, 4.69) is 74.6 Å². The highest BCUT2D eigenvalue weighted by Crippen LogP contribution is 2.16. The maximum absolute atomic E-state index is 12.3. The second kappa shape index (κ2) is 52.9. The van der Waals surface area contributed by atoms with Gasteiger partial charge in [-0.15, -0.1) is 0 Å². The fourth-order valence-corrected chi connectivity index (χ4v) is 7.71. The SMILES string of the molecule is CCCCC/C=C\C/C=C\CCCCCCCC(=O)OCC(CO)OC(=O)CCCCCCCCCCCCCCCCCCCC/C=C\C/C=C\C/C=C\CCCCCCC. The van der Waals surface area contributed by atoms with Gasteiger partial charge in [0.1, 0.15) is 6.61 Å². The Bertz CT molecular complexity index is 1070. The van der Waals surface area contributed by atoms with Crippen LogP contribution >= 0.6 is 0 Å². The van der Waals surface area contributed by atoms with Crippen LogP contribution in [0.4, 0.5) is 0 Å². The van der Waals surface area contributed by atoms with Crippen LogP contribution in [0.3, 0.4) is 0 Å². The number of allylic oxidation sites excluding steroid dienone is 10. The molecule has 1 N–H and O–H groups in total. The van der Waals surface area contributed by atoms with E-state index in [1.807, 2.05) is 0 Å². The average molecular weight is 867 g/mol. The molecule has 62 heavy (non-hydrogen) atoms. The molecular weight excluding hydrogens is 765 g/mol. The van der Waals surface area contributed by atoms with E-state index in [1.165, 1.54) is 180 Å². The minimum absolute atomic E-state index is 0.0722. The third-order valence-electron chi connectivity index (χ3n) is 11.8. The first kappa shape index (κ1) is 59.6. The van der Waals surface area contributed by atoms with Crippen LogP contribution in [-0.4, -0.2) is 36.4 Å². The lowest BCUT2D eigenvalue weighted by Gasteiger charge is -2.15. The number of carbonyl (C=O) groups is 2. The Morgan fingerprint density at radius 2 is 0.645 bits per heavy atom. The number of ether oxygens (including phenoxy) is 2. The zero-order chi connectivity index (χ0) is 44.9. The van der Waals surface area contributed by atoms with Gasteiger partial charge in [0, 0.05) is 12.8 Å². The van der Waals surface area contributed by atoms with Crippen molar-refractivity contribution in [3.63, 3.8) is 0 Å². The molecule has 1 unspecified atom stereocenters. The van der Waals surface area contributed by atoms with Crippen LogP contribution in [0, 0.1) is 0 Å².